The average Bonchev–Trinajstić information content (AvgIpc) is 2.46. The predicted octanol–water partition coefficient (Wildman–Crippen LogP) is 1.38. The number of benzene rings is 1. The SMILES string of the molecule is C=NC=C(C#N)C=NNC(=O)c1ccc(C#N)cc1. The Hall–Kier alpha value is -3.25. The van der Waals surface area contributed by atoms with E-state index in [2.05, 4.69) is 22.2 Å². The molecule has 0 spiro atoms. The van der Waals surface area contributed by atoms with Crippen LogP contribution in [0.2, 0.25) is 0 Å². The van der Waals surface area contributed by atoms with Gasteiger partial charge in [0.1, 0.15) is 6.07 Å². The van der Waals surface area contributed by atoms with Crippen LogP contribution in [-0.4, -0.2) is 18.8 Å². The highest BCUT2D eigenvalue weighted by atomic mass is 16.2. The van der Waals surface area contributed by atoms with Gasteiger partial charge in [0.2, 0.25) is 0 Å². The molecule has 1 rings (SSSR count). The monoisotopic (exact) mass is 251 g/mol. The minimum atomic E-state index is -0.440. The van der Waals surface area contributed by atoms with E-state index in [0.29, 0.717) is 11.1 Å². The molecule has 0 saturated carbocycles. The molecule has 0 saturated heterocycles. The van der Waals surface area contributed by atoms with Gasteiger partial charge in [0.15, 0.2) is 0 Å². The normalized spacial score (nSPS) is 10.5. The van der Waals surface area contributed by atoms with Gasteiger partial charge in [0.25, 0.3) is 5.91 Å². The van der Waals surface area contributed by atoms with Gasteiger partial charge in [0.05, 0.1) is 23.4 Å². The summed E-state index contributed by atoms with van der Waals surface area (Å²) in [6, 6.07) is 9.85. The third-order valence-electron chi connectivity index (χ3n) is 2.01. The van der Waals surface area contributed by atoms with Crippen LogP contribution in [0.1, 0.15) is 15.9 Å². The largest absolute Gasteiger partial charge is 0.271 e. The number of rotatable bonds is 4. The van der Waals surface area contributed by atoms with Crippen LogP contribution >= 0.6 is 0 Å². The number of carbonyl (C=O) groups excluding carboxylic acids is 1. The zero-order chi connectivity index (χ0) is 14.1. The molecular weight excluding hydrogens is 242 g/mol. The van der Waals surface area contributed by atoms with E-state index in [1.807, 2.05) is 12.1 Å². The maximum absolute atomic E-state index is 11.6. The molecule has 6 heteroatoms. The fourth-order valence-corrected chi connectivity index (χ4v) is 1.11. The molecule has 6 nitrogen and oxygen atoms in total. The Balaban J connectivity index is 2.68. The molecule has 0 radical (unpaired) electrons. The second kappa shape index (κ2) is 7.15. The van der Waals surface area contributed by atoms with E-state index in [4.69, 9.17) is 10.5 Å². The molecule has 1 aromatic carbocycles. The predicted molar refractivity (Wildman–Crippen MR) is 70.4 cm³/mol. The van der Waals surface area contributed by atoms with Crippen LogP contribution in [0.5, 0.6) is 0 Å². The molecule has 0 unspecified atom stereocenters. The van der Waals surface area contributed by atoms with Gasteiger partial charge in [0, 0.05) is 11.8 Å². The summed E-state index contributed by atoms with van der Waals surface area (Å²) in [7, 11) is 0. The first-order valence-electron chi connectivity index (χ1n) is 5.11. The molecule has 0 aliphatic carbocycles. The van der Waals surface area contributed by atoms with E-state index in [0.717, 1.165) is 6.21 Å². The summed E-state index contributed by atoms with van der Waals surface area (Å²) in [4.78, 5) is 15.0. The summed E-state index contributed by atoms with van der Waals surface area (Å²) < 4.78 is 0. The number of hydrogen-bond donors (Lipinski definition) is 1. The van der Waals surface area contributed by atoms with Crippen molar-refractivity contribution < 1.29 is 4.79 Å². The minimum Gasteiger partial charge on any atom is -0.271 e. The first kappa shape index (κ1) is 13.8. The Kier molecular flexibility index (Phi) is 5.20. The van der Waals surface area contributed by atoms with Crippen molar-refractivity contribution in [2.75, 3.05) is 0 Å². The average molecular weight is 251 g/mol. The molecule has 0 atom stereocenters. The van der Waals surface area contributed by atoms with Gasteiger partial charge in [-0.15, -0.1) is 0 Å². The van der Waals surface area contributed by atoms with E-state index in [1.54, 1.807) is 0 Å². The summed E-state index contributed by atoms with van der Waals surface area (Å²) in [5, 5.41) is 20.9. The highest BCUT2D eigenvalue weighted by Gasteiger charge is 2.03. The number of nitrogens with one attached hydrogen (secondary N) is 1. The van der Waals surface area contributed by atoms with Crippen molar-refractivity contribution in [3.05, 3.63) is 47.2 Å². The lowest BCUT2D eigenvalue weighted by molar-refractivity contribution is 0.0955. The molecule has 0 heterocycles. The standard InChI is InChI=1S/C13H9N5O/c1-16-8-11(7-15)9-17-18-13(19)12-4-2-10(6-14)3-5-12/h2-5,8-9H,1H2,(H,18,19). The molecule has 0 fully saturated rings. The zero-order valence-electron chi connectivity index (χ0n) is 9.87. The number of amides is 1. The number of allylic oxidation sites excluding steroid dienone is 1. The van der Waals surface area contributed by atoms with Crippen LogP contribution < -0.4 is 5.43 Å². The molecule has 1 amide bonds. The van der Waals surface area contributed by atoms with E-state index in [-0.39, 0.29) is 5.57 Å². The molecule has 19 heavy (non-hydrogen) atoms. The topological polar surface area (TPSA) is 101 Å². The summed E-state index contributed by atoms with van der Waals surface area (Å²) in [5.41, 5.74) is 3.24. The first-order chi connectivity index (χ1) is 9.21. The highest BCUT2D eigenvalue weighted by Crippen LogP contribution is 2.02. The minimum absolute atomic E-state index is 0.162. The van der Waals surface area contributed by atoms with E-state index in [1.165, 1.54) is 30.5 Å². The van der Waals surface area contributed by atoms with Crippen LogP contribution in [-0.2, 0) is 0 Å². The van der Waals surface area contributed by atoms with Gasteiger partial charge >= 0.3 is 0 Å². The Bertz CT molecular complexity index is 614. The Morgan fingerprint density at radius 3 is 2.53 bits per heavy atom. The number of nitriles is 2. The molecule has 1 N–H and O–H groups in total. The van der Waals surface area contributed by atoms with Crippen molar-refractivity contribution in [2.24, 2.45) is 10.1 Å². The Morgan fingerprint density at radius 2 is 2.00 bits per heavy atom. The Morgan fingerprint density at radius 1 is 1.32 bits per heavy atom. The van der Waals surface area contributed by atoms with Gasteiger partial charge in [-0.05, 0) is 31.0 Å². The molecular formula is C13H9N5O. The maximum Gasteiger partial charge on any atom is 0.271 e. The smallest absolute Gasteiger partial charge is 0.271 e. The van der Waals surface area contributed by atoms with Crippen LogP contribution in [0.4, 0.5) is 0 Å². The molecule has 0 aliphatic rings. The van der Waals surface area contributed by atoms with Gasteiger partial charge in [-0.2, -0.15) is 15.6 Å². The lowest BCUT2D eigenvalue weighted by Crippen LogP contribution is -2.17. The third-order valence-corrected chi connectivity index (χ3v) is 2.01. The quantitative estimate of drug-likeness (QED) is 0.496. The Labute approximate surface area is 110 Å². The summed E-state index contributed by atoms with van der Waals surface area (Å²) in [5.74, 6) is -0.440. The zero-order valence-corrected chi connectivity index (χ0v) is 9.87. The maximum atomic E-state index is 11.6. The van der Waals surface area contributed by atoms with Gasteiger partial charge in [-0.25, -0.2) is 5.43 Å². The second-order valence-electron chi connectivity index (χ2n) is 3.27. The fraction of sp³-hybridized carbons (Fsp3) is 0. The van der Waals surface area contributed by atoms with Gasteiger partial charge < -0.3 is 0 Å². The molecule has 0 aliphatic heterocycles. The number of hydrazone groups is 1. The lowest BCUT2D eigenvalue weighted by atomic mass is 10.1. The molecule has 92 valence electrons. The van der Waals surface area contributed by atoms with Gasteiger partial charge in [-0.3, -0.25) is 9.79 Å². The molecule has 0 aromatic heterocycles. The number of aliphatic imine (C=N–C) groups is 1. The van der Waals surface area contributed by atoms with Crippen molar-refractivity contribution in [3.8, 4) is 12.1 Å². The lowest BCUT2D eigenvalue weighted by Gasteiger charge is -1.99. The van der Waals surface area contributed by atoms with Gasteiger partial charge in [-0.1, -0.05) is 0 Å². The van der Waals surface area contributed by atoms with E-state index >= 15 is 0 Å². The summed E-state index contributed by atoms with van der Waals surface area (Å²) >= 11 is 0. The van der Waals surface area contributed by atoms with Crippen LogP contribution in [0.25, 0.3) is 0 Å². The fourth-order valence-electron chi connectivity index (χ4n) is 1.11. The molecule has 1 aromatic rings. The highest BCUT2D eigenvalue weighted by molar-refractivity contribution is 5.95. The van der Waals surface area contributed by atoms with Crippen LogP contribution in [0.3, 0.4) is 0 Å². The first-order valence-corrected chi connectivity index (χ1v) is 5.11. The van der Waals surface area contributed by atoms with E-state index in [9.17, 15) is 4.79 Å². The van der Waals surface area contributed by atoms with Crippen molar-refractivity contribution in [1.29, 1.82) is 10.5 Å². The molecule has 0 bridgehead atoms. The summed E-state index contributed by atoms with van der Waals surface area (Å²) in [6.07, 6.45) is 2.38. The number of nitrogens with zero attached hydrogens (tertiary/aromatic N) is 4. The third kappa shape index (κ3) is 4.25. The van der Waals surface area contributed by atoms with E-state index < -0.39 is 5.91 Å². The number of carbonyl (C=O) groups is 1. The number of hydrogen-bond acceptors (Lipinski definition) is 5. The van der Waals surface area contributed by atoms with Crippen molar-refractivity contribution in [2.45, 2.75) is 0 Å². The van der Waals surface area contributed by atoms with Crippen LogP contribution in [0, 0.1) is 22.7 Å². The van der Waals surface area contributed by atoms with Crippen LogP contribution in [0.15, 0.2) is 46.1 Å². The second-order valence-corrected chi connectivity index (χ2v) is 3.27. The van der Waals surface area contributed by atoms with Crippen molar-refractivity contribution >= 4 is 18.8 Å². The summed E-state index contributed by atoms with van der Waals surface area (Å²) in [6.45, 7) is 3.20. The van der Waals surface area contributed by atoms with Crippen molar-refractivity contribution in [3.63, 3.8) is 0 Å². The van der Waals surface area contributed by atoms with Crippen molar-refractivity contribution in [1.82, 2.24) is 5.43 Å².